The summed E-state index contributed by atoms with van der Waals surface area (Å²) in [4.78, 5) is 26.6. The van der Waals surface area contributed by atoms with Crippen LogP contribution in [0.4, 0.5) is 0 Å². The molecule has 126 valence electrons. The molecular formula is C18H21N3O3. The van der Waals surface area contributed by atoms with E-state index in [1.165, 1.54) is 0 Å². The number of amides is 2. The normalized spacial score (nSPS) is 17.0. The van der Waals surface area contributed by atoms with Crippen molar-refractivity contribution in [2.75, 3.05) is 6.54 Å². The Balaban J connectivity index is 1.57. The third-order valence-electron chi connectivity index (χ3n) is 4.19. The van der Waals surface area contributed by atoms with E-state index in [1.807, 2.05) is 37.3 Å². The Hall–Kier alpha value is -2.63. The van der Waals surface area contributed by atoms with Crippen molar-refractivity contribution in [2.24, 2.45) is 0 Å². The molecule has 1 fully saturated rings. The minimum Gasteiger partial charge on any atom is -0.361 e. The zero-order valence-corrected chi connectivity index (χ0v) is 13.7. The Morgan fingerprint density at radius 2 is 2.12 bits per heavy atom. The van der Waals surface area contributed by atoms with E-state index in [0.717, 1.165) is 17.7 Å². The van der Waals surface area contributed by atoms with E-state index in [4.69, 9.17) is 4.52 Å². The van der Waals surface area contributed by atoms with Gasteiger partial charge in [0.05, 0.1) is 12.1 Å². The van der Waals surface area contributed by atoms with Gasteiger partial charge < -0.3 is 14.7 Å². The van der Waals surface area contributed by atoms with Crippen LogP contribution in [0, 0.1) is 6.92 Å². The second kappa shape index (κ2) is 7.29. The molecule has 0 bridgehead atoms. The maximum atomic E-state index is 12.5. The lowest BCUT2D eigenvalue weighted by atomic mass is 10.1. The first kappa shape index (κ1) is 16.2. The van der Waals surface area contributed by atoms with Crippen molar-refractivity contribution in [3.8, 4) is 0 Å². The lowest BCUT2D eigenvalue weighted by Gasteiger charge is -2.23. The molecular weight excluding hydrogens is 306 g/mol. The van der Waals surface area contributed by atoms with Crippen molar-refractivity contribution in [2.45, 2.75) is 38.8 Å². The fourth-order valence-electron chi connectivity index (χ4n) is 2.99. The maximum absolute atomic E-state index is 12.5. The van der Waals surface area contributed by atoms with Crippen LogP contribution in [0.2, 0.25) is 0 Å². The summed E-state index contributed by atoms with van der Waals surface area (Å²) >= 11 is 0. The molecule has 0 saturated carbocycles. The highest BCUT2D eigenvalue weighted by atomic mass is 16.5. The number of likely N-dealkylation sites (tertiary alicyclic amines) is 1. The molecule has 2 amide bonds. The number of carbonyl (C=O) groups excluding carboxylic acids is 2. The van der Waals surface area contributed by atoms with Gasteiger partial charge in [-0.2, -0.15) is 0 Å². The van der Waals surface area contributed by atoms with Crippen molar-refractivity contribution >= 4 is 11.8 Å². The van der Waals surface area contributed by atoms with Crippen LogP contribution < -0.4 is 5.32 Å². The van der Waals surface area contributed by atoms with Gasteiger partial charge in [-0.05, 0) is 25.3 Å². The van der Waals surface area contributed by atoms with Gasteiger partial charge in [0.25, 0.3) is 0 Å². The fraction of sp³-hybridized carbons (Fsp3) is 0.389. The van der Waals surface area contributed by atoms with Gasteiger partial charge in [0.1, 0.15) is 11.8 Å². The number of hydrogen-bond donors (Lipinski definition) is 1. The van der Waals surface area contributed by atoms with Crippen LogP contribution in [-0.2, 0) is 22.6 Å². The van der Waals surface area contributed by atoms with Gasteiger partial charge in [0.15, 0.2) is 0 Å². The summed E-state index contributed by atoms with van der Waals surface area (Å²) in [6, 6.07) is 11.1. The second-order valence-electron chi connectivity index (χ2n) is 6.06. The van der Waals surface area contributed by atoms with Gasteiger partial charge in [0, 0.05) is 19.2 Å². The van der Waals surface area contributed by atoms with E-state index < -0.39 is 6.04 Å². The fourth-order valence-corrected chi connectivity index (χ4v) is 2.99. The topological polar surface area (TPSA) is 75.4 Å². The van der Waals surface area contributed by atoms with Gasteiger partial charge in [0.2, 0.25) is 11.8 Å². The van der Waals surface area contributed by atoms with Crippen molar-refractivity contribution in [3.05, 3.63) is 53.4 Å². The summed E-state index contributed by atoms with van der Waals surface area (Å²) in [5.41, 5.74) is 1.79. The molecule has 1 aromatic heterocycles. The van der Waals surface area contributed by atoms with E-state index in [-0.39, 0.29) is 18.2 Å². The Bertz CT molecular complexity index is 711. The quantitative estimate of drug-likeness (QED) is 0.909. The Kier molecular flexibility index (Phi) is 4.93. The first-order valence-electron chi connectivity index (χ1n) is 8.17. The lowest BCUT2D eigenvalue weighted by Crippen LogP contribution is -2.46. The minimum absolute atomic E-state index is 0.0940. The molecule has 1 N–H and O–H groups in total. The van der Waals surface area contributed by atoms with E-state index >= 15 is 0 Å². The highest BCUT2D eigenvalue weighted by Crippen LogP contribution is 2.19. The minimum atomic E-state index is -0.398. The highest BCUT2D eigenvalue weighted by molar-refractivity contribution is 5.88. The summed E-state index contributed by atoms with van der Waals surface area (Å²) in [7, 11) is 0. The molecule has 0 spiro atoms. The van der Waals surface area contributed by atoms with Crippen LogP contribution in [0.3, 0.4) is 0 Å². The number of hydrogen-bond acceptors (Lipinski definition) is 4. The molecule has 1 aliphatic rings. The Labute approximate surface area is 140 Å². The number of aryl methyl sites for hydroxylation is 1. The predicted molar refractivity (Wildman–Crippen MR) is 88.0 cm³/mol. The highest BCUT2D eigenvalue weighted by Gasteiger charge is 2.34. The zero-order valence-electron chi connectivity index (χ0n) is 13.7. The van der Waals surface area contributed by atoms with Crippen molar-refractivity contribution in [1.29, 1.82) is 0 Å². The van der Waals surface area contributed by atoms with E-state index in [9.17, 15) is 9.59 Å². The predicted octanol–water partition coefficient (Wildman–Crippen LogP) is 1.83. The molecule has 6 heteroatoms. The van der Waals surface area contributed by atoms with E-state index in [1.54, 1.807) is 11.0 Å². The molecule has 0 aliphatic carbocycles. The van der Waals surface area contributed by atoms with E-state index in [0.29, 0.717) is 25.3 Å². The molecule has 24 heavy (non-hydrogen) atoms. The number of nitrogens with zero attached hydrogens (tertiary/aromatic N) is 2. The third kappa shape index (κ3) is 3.82. The van der Waals surface area contributed by atoms with Crippen LogP contribution in [-0.4, -0.2) is 34.5 Å². The number of aromatic nitrogens is 1. The molecule has 1 aliphatic heterocycles. The molecule has 1 aromatic carbocycles. The van der Waals surface area contributed by atoms with Crippen molar-refractivity contribution < 1.29 is 14.1 Å². The SMILES string of the molecule is Cc1cc(CC(=O)N2CCC[C@H]2C(=O)NCc2ccccc2)on1. The first-order chi connectivity index (χ1) is 11.6. The summed E-state index contributed by atoms with van der Waals surface area (Å²) in [6.45, 7) is 2.89. The van der Waals surface area contributed by atoms with Gasteiger partial charge >= 0.3 is 0 Å². The van der Waals surface area contributed by atoms with Gasteiger partial charge in [-0.3, -0.25) is 9.59 Å². The summed E-state index contributed by atoms with van der Waals surface area (Å²) < 4.78 is 5.10. The summed E-state index contributed by atoms with van der Waals surface area (Å²) in [6.07, 6.45) is 1.68. The number of nitrogens with one attached hydrogen (secondary N) is 1. The Morgan fingerprint density at radius 3 is 2.83 bits per heavy atom. The average molecular weight is 327 g/mol. The summed E-state index contributed by atoms with van der Waals surface area (Å²) in [5.74, 6) is 0.342. The molecule has 2 aromatic rings. The third-order valence-corrected chi connectivity index (χ3v) is 4.19. The number of benzene rings is 1. The lowest BCUT2D eigenvalue weighted by molar-refractivity contribution is -0.138. The summed E-state index contributed by atoms with van der Waals surface area (Å²) in [5, 5.41) is 6.71. The first-order valence-corrected chi connectivity index (χ1v) is 8.17. The Morgan fingerprint density at radius 1 is 1.33 bits per heavy atom. The number of carbonyl (C=O) groups is 2. The second-order valence-corrected chi connectivity index (χ2v) is 6.06. The van der Waals surface area contributed by atoms with Crippen molar-refractivity contribution in [1.82, 2.24) is 15.4 Å². The molecule has 2 heterocycles. The smallest absolute Gasteiger partial charge is 0.243 e. The van der Waals surface area contributed by atoms with Crippen LogP contribution in [0.1, 0.15) is 29.9 Å². The van der Waals surface area contributed by atoms with Crippen LogP contribution in [0.15, 0.2) is 40.9 Å². The monoisotopic (exact) mass is 327 g/mol. The molecule has 1 saturated heterocycles. The van der Waals surface area contributed by atoms with E-state index in [2.05, 4.69) is 10.5 Å². The molecule has 0 radical (unpaired) electrons. The largest absolute Gasteiger partial charge is 0.361 e. The van der Waals surface area contributed by atoms with Gasteiger partial charge in [-0.15, -0.1) is 0 Å². The van der Waals surface area contributed by atoms with Crippen LogP contribution in [0.5, 0.6) is 0 Å². The maximum Gasteiger partial charge on any atom is 0.243 e. The van der Waals surface area contributed by atoms with Gasteiger partial charge in [-0.25, -0.2) is 0 Å². The zero-order chi connectivity index (χ0) is 16.9. The van der Waals surface area contributed by atoms with Crippen LogP contribution in [0.25, 0.3) is 0 Å². The van der Waals surface area contributed by atoms with Gasteiger partial charge in [-0.1, -0.05) is 35.5 Å². The molecule has 1 atom stereocenters. The standard InChI is InChI=1S/C18H21N3O3/c1-13-10-15(24-20-13)11-17(22)21-9-5-8-16(21)18(23)19-12-14-6-3-2-4-7-14/h2-4,6-7,10,16H,5,8-9,11-12H2,1H3,(H,19,23)/t16-/m0/s1. The van der Waals surface area contributed by atoms with Crippen LogP contribution >= 0.6 is 0 Å². The average Bonchev–Trinajstić information content (AvgIpc) is 3.22. The van der Waals surface area contributed by atoms with Crippen molar-refractivity contribution in [3.63, 3.8) is 0 Å². The molecule has 3 rings (SSSR count). The molecule has 6 nitrogen and oxygen atoms in total. The molecule has 0 unspecified atom stereocenters. The number of rotatable bonds is 5.